The molecule has 1 fully saturated rings. The summed E-state index contributed by atoms with van der Waals surface area (Å²) in [6, 6.07) is 9.84. The molecule has 1 heterocycles. The first-order valence-electron chi connectivity index (χ1n) is 5.84. The fraction of sp³-hybridized carbons (Fsp3) is 0.538. The van der Waals surface area contributed by atoms with Gasteiger partial charge in [0.1, 0.15) is 6.10 Å². The highest BCUT2D eigenvalue weighted by Gasteiger charge is 2.34. The number of hydrogen-bond donors (Lipinski definition) is 2. The molecule has 0 saturated carbocycles. The standard InChI is InChI=1S/C13H18O4/c1-9-12(7-11(14)13(15)17-9)16-8-10-5-3-2-4-6-10/h2-6,9,11-15H,7-8H2,1H3/t9-,11-,12-,13+/m1/s1. The van der Waals surface area contributed by atoms with Crippen molar-refractivity contribution in [2.24, 2.45) is 0 Å². The molecule has 0 bridgehead atoms. The molecule has 1 aliphatic heterocycles. The predicted molar refractivity (Wildman–Crippen MR) is 62.2 cm³/mol. The van der Waals surface area contributed by atoms with Crippen LogP contribution >= 0.6 is 0 Å². The molecule has 0 unspecified atom stereocenters. The van der Waals surface area contributed by atoms with Crippen molar-refractivity contribution in [2.45, 2.75) is 44.6 Å². The number of rotatable bonds is 3. The Labute approximate surface area is 101 Å². The first-order valence-corrected chi connectivity index (χ1v) is 5.84. The summed E-state index contributed by atoms with van der Waals surface area (Å²) >= 11 is 0. The summed E-state index contributed by atoms with van der Waals surface area (Å²) < 4.78 is 10.9. The van der Waals surface area contributed by atoms with Crippen LogP contribution in [-0.2, 0) is 16.1 Å². The van der Waals surface area contributed by atoms with Gasteiger partial charge in [0.15, 0.2) is 6.29 Å². The van der Waals surface area contributed by atoms with E-state index in [0.717, 1.165) is 5.56 Å². The van der Waals surface area contributed by atoms with Gasteiger partial charge in [-0.25, -0.2) is 0 Å². The molecule has 1 aliphatic rings. The highest BCUT2D eigenvalue weighted by Crippen LogP contribution is 2.22. The van der Waals surface area contributed by atoms with Gasteiger partial charge >= 0.3 is 0 Å². The maximum Gasteiger partial charge on any atom is 0.181 e. The van der Waals surface area contributed by atoms with E-state index in [2.05, 4.69) is 0 Å². The molecule has 0 spiro atoms. The van der Waals surface area contributed by atoms with E-state index in [4.69, 9.17) is 9.47 Å². The van der Waals surface area contributed by atoms with E-state index in [0.29, 0.717) is 13.0 Å². The van der Waals surface area contributed by atoms with Crippen LogP contribution in [0.15, 0.2) is 30.3 Å². The fourth-order valence-corrected chi connectivity index (χ4v) is 1.93. The van der Waals surface area contributed by atoms with Crippen molar-refractivity contribution in [1.82, 2.24) is 0 Å². The third-order valence-electron chi connectivity index (χ3n) is 2.99. The molecular weight excluding hydrogens is 220 g/mol. The summed E-state index contributed by atoms with van der Waals surface area (Å²) in [7, 11) is 0. The molecule has 0 aromatic heterocycles. The predicted octanol–water partition coefficient (Wildman–Crippen LogP) is 1.06. The van der Waals surface area contributed by atoms with E-state index >= 15 is 0 Å². The summed E-state index contributed by atoms with van der Waals surface area (Å²) in [4.78, 5) is 0. The van der Waals surface area contributed by atoms with Gasteiger partial charge in [-0.3, -0.25) is 0 Å². The smallest absolute Gasteiger partial charge is 0.181 e. The van der Waals surface area contributed by atoms with Crippen molar-refractivity contribution in [2.75, 3.05) is 0 Å². The van der Waals surface area contributed by atoms with Crippen molar-refractivity contribution in [3.8, 4) is 0 Å². The minimum Gasteiger partial charge on any atom is -0.388 e. The van der Waals surface area contributed by atoms with Crippen LogP contribution in [0.2, 0.25) is 0 Å². The average Bonchev–Trinajstić information content (AvgIpc) is 2.33. The fourth-order valence-electron chi connectivity index (χ4n) is 1.93. The van der Waals surface area contributed by atoms with Crippen LogP contribution in [0.1, 0.15) is 18.9 Å². The van der Waals surface area contributed by atoms with Crippen LogP contribution in [0.3, 0.4) is 0 Å². The van der Waals surface area contributed by atoms with Gasteiger partial charge in [-0.05, 0) is 12.5 Å². The maximum atomic E-state index is 9.51. The molecule has 1 aromatic carbocycles. The summed E-state index contributed by atoms with van der Waals surface area (Å²) in [5, 5.41) is 18.8. The Morgan fingerprint density at radius 2 is 2.00 bits per heavy atom. The van der Waals surface area contributed by atoms with E-state index < -0.39 is 12.4 Å². The summed E-state index contributed by atoms with van der Waals surface area (Å²) in [6.07, 6.45) is -1.96. The topological polar surface area (TPSA) is 58.9 Å². The lowest BCUT2D eigenvalue weighted by molar-refractivity contribution is -0.250. The second-order valence-electron chi connectivity index (χ2n) is 4.37. The monoisotopic (exact) mass is 238 g/mol. The van der Waals surface area contributed by atoms with Gasteiger partial charge in [0, 0.05) is 6.42 Å². The Bertz CT molecular complexity index is 341. The summed E-state index contributed by atoms with van der Waals surface area (Å²) in [6.45, 7) is 2.33. The largest absolute Gasteiger partial charge is 0.388 e. The highest BCUT2D eigenvalue weighted by molar-refractivity contribution is 5.13. The Balaban J connectivity index is 1.87. The Morgan fingerprint density at radius 3 is 2.71 bits per heavy atom. The maximum absolute atomic E-state index is 9.51. The van der Waals surface area contributed by atoms with E-state index in [9.17, 15) is 10.2 Å². The number of benzene rings is 1. The molecule has 0 amide bonds. The molecule has 94 valence electrons. The van der Waals surface area contributed by atoms with Gasteiger partial charge in [0.05, 0.1) is 18.8 Å². The number of aliphatic hydroxyl groups is 2. The Hall–Kier alpha value is -0.940. The zero-order chi connectivity index (χ0) is 12.3. The normalized spacial score (nSPS) is 33.6. The van der Waals surface area contributed by atoms with Crippen molar-refractivity contribution >= 4 is 0 Å². The molecule has 0 radical (unpaired) electrons. The molecule has 0 aliphatic carbocycles. The van der Waals surface area contributed by atoms with Crippen molar-refractivity contribution in [3.63, 3.8) is 0 Å². The van der Waals surface area contributed by atoms with E-state index in [1.165, 1.54) is 0 Å². The SMILES string of the molecule is C[C@H]1O[C@H](O)[C@H](O)C[C@H]1OCc1ccccc1. The molecule has 17 heavy (non-hydrogen) atoms. The first-order chi connectivity index (χ1) is 8.16. The van der Waals surface area contributed by atoms with Crippen LogP contribution in [-0.4, -0.2) is 34.8 Å². The molecule has 2 rings (SSSR count). The van der Waals surface area contributed by atoms with Crippen LogP contribution < -0.4 is 0 Å². The molecule has 4 heteroatoms. The molecule has 4 atom stereocenters. The van der Waals surface area contributed by atoms with Crippen LogP contribution in [0.25, 0.3) is 0 Å². The average molecular weight is 238 g/mol. The lowest BCUT2D eigenvalue weighted by atomic mass is 10.0. The van der Waals surface area contributed by atoms with E-state index in [1.54, 1.807) is 0 Å². The zero-order valence-electron chi connectivity index (χ0n) is 9.82. The second kappa shape index (κ2) is 5.60. The third-order valence-corrected chi connectivity index (χ3v) is 2.99. The van der Waals surface area contributed by atoms with Gasteiger partial charge in [-0.15, -0.1) is 0 Å². The van der Waals surface area contributed by atoms with Gasteiger partial charge in [-0.2, -0.15) is 0 Å². The quantitative estimate of drug-likeness (QED) is 0.826. The highest BCUT2D eigenvalue weighted by atomic mass is 16.6. The zero-order valence-corrected chi connectivity index (χ0v) is 9.82. The number of aliphatic hydroxyl groups excluding tert-OH is 2. The van der Waals surface area contributed by atoms with E-state index in [1.807, 2.05) is 37.3 Å². The molecule has 1 saturated heterocycles. The molecule has 2 N–H and O–H groups in total. The second-order valence-corrected chi connectivity index (χ2v) is 4.37. The van der Waals surface area contributed by atoms with E-state index in [-0.39, 0.29) is 12.2 Å². The molecule has 4 nitrogen and oxygen atoms in total. The minimum absolute atomic E-state index is 0.186. The summed E-state index contributed by atoms with van der Waals surface area (Å²) in [5.41, 5.74) is 1.08. The van der Waals surface area contributed by atoms with Crippen molar-refractivity contribution < 1.29 is 19.7 Å². The van der Waals surface area contributed by atoms with Gasteiger partial charge in [-0.1, -0.05) is 30.3 Å². The van der Waals surface area contributed by atoms with Crippen LogP contribution in [0.4, 0.5) is 0 Å². The van der Waals surface area contributed by atoms with Crippen LogP contribution in [0.5, 0.6) is 0 Å². The van der Waals surface area contributed by atoms with Gasteiger partial charge in [0.2, 0.25) is 0 Å². The Kier molecular flexibility index (Phi) is 4.12. The first kappa shape index (κ1) is 12.5. The van der Waals surface area contributed by atoms with Crippen LogP contribution in [0, 0.1) is 0 Å². The minimum atomic E-state index is -1.10. The van der Waals surface area contributed by atoms with Crippen molar-refractivity contribution in [3.05, 3.63) is 35.9 Å². The Morgan fingerprint density at radius 1 is 1.29 bits per heavy atom. The van der Waals surface area contributed by atoms with Gasteiger partial charge < -0.3 is 19.7 Å². The van der Waals surface area contributed by atoms with Crippen molar-refractivity contribution in [1.29, 1.82) is 0 Å². The number of hydrogen-bond acceptors (Lipinski definition) is 4. The lowest BCUT2D eigenvalue weighted by Crippen LogP contribution is -2.46. The lowest BCUT2D eigenvalue weighted by Gasteiger charge is -2.35. The third kappa shape index (κ3) is 3.26. The summed E-state index contributed by atoms with van der Waals surface area (Å²) in [5.74, 6) is 0. The molecule has 1 aromatic rings. The molecular formula is C13H18O4. The van der Waals surface area contributed by atoms with Gasteiger partial charge in [0.25, 0.3) is 0 Å². The number of ether oxygens (including phenoxy) is 2.